The topological polar surface area (TPSA) is 24.1 Å². The first-order valence-corrected chi connectivity index (χ1v) is 11.3. The molecule has 0 atom stereocenters. The van der Waals surface area contributed by atoms with E-state index in [1.54, 1.807) is 12.1 Å². The van der Waals surface area contributed by atoms with E-state index in [9.17, 15) is 0 Å². The molecule has 0 spiro atoms. The number of hydrogen-bond acceptors (Lipinski definition) is 2. The summed E-state index contributed by atoms with van der Waals surface area (Å²) < 4.78 is 0. The second-order valence-electron chi connectivity index (χ2n) is 7.62. The quantitative estimate of drug-likeness (QED) is 0.362. The van der Waals surface area contributed by atoms with Crippen LogP contribution in [0.15, 0.2) is 36.4 Å². The van der Waals surface area contributed by atoms with E-state index in [1.165, 1.54) is 25.7 Å². The van der Waals surface area contributed by atoms with Crippen LogP contribution in [0, 0.1) is 11.8 Å². The minimum atomic E-state index is 0. The van der Waals surface area contributed by atoms with Crippen molar-refractivity contribution in [2.24, 2.45) is 11.8 Å². The van der Waals surface area contributed by atoms with E-state index in [0.717, 1.165) is 59.2 Å². The van der Waals surface area contributed by atoms with Gasteiger partial charge in [0.05, 0.1) is 0 Å². The molecule has 2 nitrogen and oxygen atoms in total. The van der Waals surface area contributed by atoms with Crippen molar-refractivity contribution in [2.45, 2.75) is 38.8 Å². The predicted octanol–water partition coefficient (Wildman–Crippen LogP) is 7.83. The number of hydrogen-bond donors (Lipinski definition) is 2. The molecule has 168 valence electrons. The van der Waals surface area contributed by atoms with Gasteiger partial charge in [-0.2, -0.15) is 0 Å². The van der Waals surface area contributed by atoms with Crippen LogP contribution in [0.5, 0.6) is 0 Å². The molecule has 2 aromatic carbocycles. The maximum Gasteiger partial charge on any atom is 0.0465 e. The highest BCUT2D eigenvalue weighted by molar-refractivity contribution is 6.35. The van der Waals surface area contributed by atoms with E-state index in [0.29, 0.717) is 10.0 Å². The Balaban J connectivity index is 0.00000225. The molecule has 1 fully saturated rings. The van der Waals surface area contributed by atoms with Gasteiger partial charge in [0.2, 0.25) is 0 Å². The molecule has 0 saturated heterocycles. The Labute approximate surface area is 212 Å². The van der Waals surface area contributed by atoms with Gasteiger partial charge >= 0.3 is 0 Å². The zero-order valence-corrected chi connectivity index (χ0v) is 21.3. The standard InChI is InChI=1S/C22H26Cl4N2.2ClH/c23-19-7-5-17(21(25)9-19)13-27-11-15-1-2-16(4-3-15)12-28-14-18-6-8-20(24)10-22(18)26;;/h5-10,15-16,27-28H,1-4,11-14H2;2*1H. The lowest BCUT2D eigenvalue weighted by Crippen LogP contribution is -2.30. The van der Waals surface area contributed by atoms with Gasteiger partial charge < -0.3 is 10.6 Å². The molecule has 3 rings (SSSR count). The summed E-state index contributed by atoms with van der Waals surface area (Å²) in [4.78, 5) is 0. The summed E-state index contributed by atoms with van der Waals surface area (Å²) in [6.45, 7) is 3.66. The molecule has 0 unspecified atom stereocenters. The summed E-state index contributed by atoms with van der Waals surface area (Å²) in [5, 5.41) is 9.93. The van der Waals surface area contributed by atoms with Gasteiger partial charge in [0.1, 0.15) is 0 Å². The molecule has 8 heteroatoms. The molecule has 0 bridgehead atoms. The van der Waals surface area contributed by atoms with Crippen LogP contribution in [0.25, 0.3) is 0 Å². The minimum Gasteiger partial charge on any atom is -0.312 e. The molecule has 0 aromatic heterocycles. The Morgan fingerprint density at radius 3 is 1.33 bits per heavy atom. The fourth-order valence-corrected chi connectivity index (χ4v) is 4.74. The second-order valence-corrected chi connectivity index (χ2v) is 9.31. The van der Waals surface area contributed by atoms with Crippen LogP contribution in [-0.4, -0.2) is 13.1 Å². The summed E-state index contributed by atoms with van der Waals surface area (Å²) in [6.07, 6.45) is 5.09. The van der Waals surface area contributed by atoms with Crippen molar-refractivity contribution >= 4 is 71.2 Å². The fraction of sp³-hybridized carbons (Fsp3) is 0.455. The SMILES string of the molecule is Cl.Cl.Clc1ccc(CNCC2CCC(CNCc3ccc(Cl)cc3Cl)CC2)c(Cl)c1. The van der Waals surface area contributed by atoms with E-state index in [4.69, 9.17) is 46.4 Å². The minimum absolute atomic E-state index is 0. The number of halogens is 6. The van der Waals surface area contributed by atoms with Gasteiger partial charge in [-0.3, -0.25) is 0 Å². The number of benzene rings is 2. The first kappa shape index (κ1) is 28.1. The maximum atomic E-state index is 6.23. The summed E-state index contributed by atoms with van der Waals surface area (Å²) in [5.41, 5.74) is 2.20. The van der Waals surface area contributed by atoms with E-state index in [2.05, 4.69) is 10.6 Å². The average molecular weight is 533 g/mol. The van der Waals surface area contributed by atoms with Gasteiger partial charge in [0.25, 0.3) is 0 Å². The molecule has 1 aliphatic rings. The lowest BCUT2D eigenvalue weighted by atomic mass is 9.82. The van der Waals surface area contributed by atoms with Gasteiger partial charge in [-0.25, -0.2) is 0 Å². The molecular formula is C22H28Cl6N2. The van der Waals surface area contributed by atoms with Crippen LogP contribution in [0.3, 0.4) is 0 Å². The van der Waals surface area contributed by atoms with Crippen LogP contribution in [0.1, 0.15) is 36.8 Å². The smallest absolute Gasteiger partial charge is 0.0465 e. The fourth-order valence-electron chi connectivity index (χ4n) is 3.79. The molecule has 2 aromatic rings. The predicted molar refractivity (Wildman–Crippen MR) is 136 cm³/mol. The maximum absolute atomic E-state index is 6.23. The van der Waals surface area contributed by atoms with Crippen molar-refractivity contribution in [2.75, 3.05) is 13.1 Å². The number of nitrogens with one attached hydrogen (secondary N) is 2. The van der Waals surface area contributed by atoms with Crippen LogP contribution in [-0.2, 0) is 13.1 Å². The molecule has 1 saturated carbocycles. The van der Waals surface area contributed by atoms with Gasteiger partial charge in [0, 0.05) is 33.2 Å². The van der Waals surface area contributed by atoms with E-state index in [1.807, 2.05) is 24.3 Å². The molecule has 0 radical (unpaired) electrons. The van der Waals surface area contributed by atoms with Crippen molar-refractivity contribution in [3.8, 4) is 0 Å². The highest BCUT2D eigenvalue weighted by Crippen LogP contribution is 2.28. The third-order valence-electron chi connectivity index (χ3n) is 5.49. The number of rotatable bonds is 8. The van der Waals surface area contributed by atoms with Gasteiger partial charge in [-0.15, -0.1) is 24.8 Å². The summed E-state index contributed by atoms with van der Waals surface area (Å²) >= 11 is 24.4. The Morgan fingerprint density at radius 1 is 0.633 bits per heavy atom. The second kappa shape index (κ2) is 14.3. The van der Waals surface area contributed by atoms with Crippen LogP contribution in [0.2, 0.25) is 20.1 Å². The molecule has 0 aliphatic heterocycles. The normalized spacial score (nSPS) is 18.4. The first-order chi connectivity index (χ1) is 13.5. The summed E-state index contributed by atoms with van der Waals surface area (Å²) in [7, 11) is 0. The Kier molecular flexibility index (Phi) is 13.4. The van der Waals surface area contributed by atoms with Crippen LogP contribution in [0.4, 0.5) is 0 Å². The lowest BCUT2D eigenvalue weighted by molar-refractivity contribution is 0.261. The highest BCUT2D eigenvalue weighted by Gasteiger charge is 2.20. The lowest BCUT2D eigenvalue weighted by Gasteiger charge is -2.29. The molecule has 1 aliphatic carbocycles. The van der Waals surface area contributed by atoms with E-state index < -0.39 is 0 Å². The van der Waals surface area contributed by atoms with Crippen LogP contribution >= 0.6 is 71.2 Å². The average Bonchev–Trinajstić information content (AvgIpc) is 2.66. The molecule has 0 amide bonds. The van der Waals surface area contributed by atoms with E-state index in [-0.39, 0.29) is 24.8 Å². The zero-order chi connectivity index (χ0) is 19.9. The van der Waals surface area contributed by atoms with Gasteiger partial charge in [0.15, 0.2) is 0 Å². The monoisotopic (exact) mass is 530 g/mol. The first-order valence-electron chi connectivity index (χ1n) is 9.80. The highest BCUT2D eigenvalue weighted by atomic mass is 35.5. The molecule has 2 N–H and O–H groups in total. The largest absolute Gasteiger partial charge is 0.312 e. The van der Waals surface area contributed by atoms with Gasteiger partial charge in [-0.05, 0) is 86.0 Å². The van der Waals surface area contributed by atoms with Crippen molar-refractivity contribution in [3.63, 3.8) is 0 Å². The summed E-state index contributed by atoms with van der Waals surface area (Å²) in [6, 6.07) is 11.4. The van der Waals surface area contributed by atoms with Gasteiger partial charge in [-0.1, -0.05) is 58.5 Å². The van der Waals surface area contributed by atoms with Crippen molar-refractivity contribution in [1.29, 1.82) is 0 Å². The molecule has 0 heterocycles. The molecule has 30 heavy (non-hydrogen) atoms. The van der Waals surface area contributed by atoms with Crippen molar-refractivity contribution < 1.29 is 0 Å². The zero-order valence-electron chi connectivity index (χ0n) is 16.6. The third-order valence-corrected chi connectivity index (χ3v) is 6.67. The summed E-state index contributed by atoms with van der Waals surface area (Å²) in [5.74, 6) is 1.49. The van der Waals surface area contributed by atoms with Crippen molar-refractivity contribution in [1.82, 2.24) is 10.6 Å². The third kappa shape index (κ3) is 8.92. The van der Waals surface area contributed by atoms with Crippen molar-refractivity contribution in [3.05, 3.63) is 67.6 Å². The Morgan fingerprint density at radius 2 is 1.00 bits per heavy atom. The Bertz CT molecular complexity index is 713. The van der Waals surface area contributed by atoms with E-state index >= 15 is 0 Å². The Hall–Kier alpha value is 0.1000. The molecular weight excluding hydrogens is 505 g/mol. The van der Waals surface area contributed by atoms with Crippen LogP contribution < -0.4 is 10.6 Å².